The molecule has 1 atom stereocenters. The van der Waals surface area contributed by atoms with Crippen LogP contribution in [0.25, 0.3) is 0 Å². The fraction of sp³-hybridized carbons (Fsp3) is 0.500. The van der Waals surface area contributed by atoms with Gasteiger partial charge in [-0.2, -0.15) is 0 Å². The Morgan fingerprint density at radius 3 is 2.95 bits per heavy atom. The highest BCUT2D eigenvalue weighted by Crippen LogP contribution is 2.28. The molecule has 22 heavy (non-hydrogen) atoms. The average Bonchev–Trinajstić information content (AvgIpc) is 2.76. The Kier molecular flexibility index (Phi) is 5.16. The van der Waals surface area contributed by atoms with Gasteiger partial charge in [0, 0.05) is 26.6 Å². The molecule has 0 bridgehead atoms. The van der Waals surface area contributed by atoms with Gasteiger partial charge in [0.05, 0.1) is 5.69 Å². The molecule has 1 aromatic rings. The van der Waals surface area contributed by atoms with E-state index < -0.39 is 17.9 Å². The molecule has 1 aromatic heterocycles. The van der Waals surface area contributed by atoms with E-state index in [1.54, 1.807) is 0 Å². The zero-order chi connectivity index (χ0) is 16.1. The van der Waals surface area contributed by atoms with Crippen molar-refractivity contribution < 1.29 is 23.5 Å². The normalized spacial score (nSPS) is 15.4. The van der Waals surface area contributed by atoms with Gasteiger partial charge in [0.2, 0.25) is 11.8 Å². The largest absolute Gasteiger partial charge is 0.466 e. The van der Waals surface area contributed by atoms with Crippen LogP contribution in [0.4, 0.5) is 5.69 Å². The number of carbonyl (C=O) groups excluding carboxylic acids is 3. The van der Waals surface area contributed by atoms with Crippen LogP contribution in [0.15, 0.2) is 10.7 Å². The van der Waals surface area contributed by atoms with E-state index in [9.17, 15) is 14.4 Å². The zero-order valence-corrected chi connectivity index (χ0v) is 12.3. The number of fused-ring (bicyclic) bond motifs is 1. The van der Waals surface area contributed by atoms with E-state index in [0.29, 0.717) is 30.7 Å². The standard InChI is InChI=1S/C14H19N3O5/c1-21-6-5-9(13(15)19)16-14(20)8-7-22-10-3-2-4-11(18)17-12(8)10/h7,9H,2-6H2,1H3,(H2,15,19)(H,16,20)(H,17,18). The number of amides is 3. The molecule has 8 heteroatoms. The van der Waals surface area contributed by atoms with Crippen molar-refractivity contribution >= 4 is 23.4 Å². The number of methoxy groups -OCH3 is 1. The number of hydrogen-bond acceptors (Lipinski definition) is 5. The molecule has 8 nitrogen and oxygen atoms in total. The minimum absolute atomic E-state index is 0.167. The molecule has 0 aliphatic carbocycles. The molecule has 0 saturated carbocycles. The number of rotatable bonds is 6. The van der Waals surface area contributed by atoms with Crippen molar-refractivity contribution in [3.05, 3.63) is 17.6 Å². The first-order chi connectivity index (χ1) is 10.5. The Hall–Kier alpha value is -2.35. The summed E-state index contributed by atoms with van der Waals surface area (Å²) in [6.07, 6.45) is 3.16. The first-order valence-electron chi connectivity index (χ1n) is 7.02. The second kappa shape index (κ2) is 7.08. The van der Waals surface area contributed by atoms with E-state index in [2.05, 4.69) is 10.6 Å². The summed E-state index contributed by atoms with van der Waals surface area (Å²) >= 11 is 0. The van der Waals surface area contributed by atoms with Crippen molar-refractivity contribution in [1.82, 2.24) is 5.32 Å². The van der Waals surface area contributed by atoms with Crippen LogP contribution >= 0.6 is 0 Å². The summed E-state index contributed by atoms with van der Waals surface area (Å²) in [6.45, 7) is 0.286. The predicted molar refractivity (Wildman–Crippen MR) is 77.2 cm³/mol. The second-order valence-electron chi connectivity index (χ2n) is 5.06. The van der Waals surface area contributed by atoms with Crippen LogP contribution in [0.1, 0.15) is 35.4 Å². The lowest BCUT2D eigenvalue weighted by atomic mass is 10.1. The number of carbonyl (C=O) groups is 3. The van der Waals surface area contributed by atoms with E-state index >= 15 is 0 Å². The van der Waals surface area contributed by atoms with Gasteiger partial charge >= 0.3 is 0 Å². The zero-order valence-electron chi connectivity index (χ0n) is 12.3. The second-order valence-corrected chi connectivity index (χ2v) is 5.06. The van der Waals surface area contributed by atoms with Gasteiger partial charge in [-0.25, -0.2) is 0 Å². The summed E-state index contributed by atoms with van der Waals surface area (Å²) in [4.78, 5) is 35.3. The van der Waals surface area contributed by atoms with Crippen molar-refractivity contribution in [2.24, 2.45) is 5.73 Å². The molecule has 2 heterocycles. The van der Waals surface area contributed by atoms with Gasteiger partial charge in [-0.15, -0.1) is 0 Å². The Labute approximate surface area is 127 Å². The van der Waals surface area contributed by atoms with Gasteiger partial charge in [0.15, 0.2) is 0 Å². The molecule has 1 unspecified atom stereocenters. The maximum absolute atomic E-state index is 12.3. The van der Waals surface area contributed by atoms with Gasteiger partial charge in [-0.3, -0.25) is 14.4 Å². The smallest absolute Gasteiger partial charge is 0.257 e. The molecular formula is C14H19N3O5. The third-order valence-corrected chi connectivity index (χ3v) is 3.44. The lowest BCUT2D eigenvalue weighted by molar-refractivity contribution is -0.120. The van der Waals surface area contributed by atoms with Crippen molar-refractivity contribution in [2.45, 2.75) is 31.7 Å². The van der Waals surface area contributed by atoms with Crippen LogP contribution in [0.5, 0.6) is 0 Å². The lowest BCUT2D eigenvalue weighted by Gasteiger charge is -2.15. The van der Waals surface area contributed by atoms with Crippen LogP contribution in [-0.2, 0) is 20.7 Å². The van der Waals surface area contributed by atoms with E-state index in [1.807, 2.05) is 0 Å². The molecule has 0 fully saturated rings. The first kappa shape index (κ1) is 16.0. The number of nitrogens with one attached hydrogen (secondary N) is 2. The number of furan rings is 1. The Balaban J connectivity index is 2.14. The Morgan fingerprint density at radius 2 is 2.27 bits per heavy atom. The summed E-state index contributed by atoms with van der Waals surface area (Å²) in [6, 6.07) is -0.848. The van der Waals surface area contributed by atoms with Gasteiger partial charge in [-0.1, -0.05) is 0 Å². The summed E-state index contributed by atoms with van der Waals surface area (Å²) in [5.74, 6) is -0.778. The highest BCUT2D eigenvalue weighted by atomic mass is 16.5. The van der Waals surface area contributed by atoms with E-state index in [4.69, 9.17) is 14.9 Å². The molecule has 0 aromatic carbocycles. The topological polar surface area (TPSA) is 124 Å². The molecule has 120 valence electrons. The minimum Gasteiger partial charge on any atom is -0.466 e. The number of ether oxygens (including phenoxy) is 1. The van der Waals surface area contributed by atoms with Gasteiger partial charge in [0.1, 0.15) is 23.6 Å². The average molecular weight is 309 g/mol. The first-order valence-corrected chi connectivity index (χ1v) is 7.02. The molecule has 0 radical (unpaired) electrons. The van der Waals surface area contributed by atoms with Crippen LogP contribution in [0, 0.1) is 0 Å². The number of primary amides is 1. The molecule has 1 aliphatic rings. The van der Waals surface area contributed by atoms with Crippen molar-refractivity contribution in [1.29, 1.82) is 0 Å². The van der Waals surface area contributed by atoms with E-state index in [1.165, 1.54) is 13.4 Å². The fourth-order valence-electron chi connectivity index (χ4n) is 2.25. The third-order valence-electron chi connectivity index (χ3n) is 3.44. The highest BCUT2D eigenvalue weighted by Gasteiger charge is 2.26. The number of hydrogen-bond donors (Lipinski definition) is 3. The third kappa shape index (κ3) is 3.64. The quantitative estimate of drug-likeness (QED) is 0.691. The van der Waals surface area contributed by atoms with Crippen molar-refractivity contribution in [3.63, 3.8) is 0 Å². The van der Waals surface area contributed by atoms with Crippen molar-refractivity contribution in [2.75, 3.05) is 19.0 Å². The summed E-state index contributed by atoms with van der Waals surface area (Å²) in [5, 5.41) is 5.20. The Bertz CT molecular complexity index is 581. The Morgan fingerprint density at radius 1 is 1.50 bits per heavy atom. The number of aryl methyl sites for hydroxylation is 1. The molecular weight excluding hydrogens is 290 g/mol. The minimum atomic E-state index is -0.848. The lowest BCUT2D eigenvalue weighted by Crippen LogP contribution is -2.45. The maximum atomic E-state index is 12.3. The van der Waals surface area contributed by atoms with Gasteiger partial charge in [-0.05, 0) is 12.8 Å². The predicted octanol–water partition coefficient (Wildman–Crippen LogP) is 0.175. The summed E-state index contributed by atoms with van der Waals surface area (Å²) in [5.41, 5.74) is 5.82. The molecule has 4 N–H and O–H groups in total. The monoisotopic (exact) mass is 309 g/mol. The van der Waals surface area contributed by atoms with E-state index in [-0.39, 0.29) is 24.5 Å². The molecule has 3 amide bonds. The van der Waals surface area contributed by atoms with E-state index in [0.717, 1.165) is 0 Å². The molecule has 1 aliphatic heterocycles. The molecule has 0 spiro atoms. The fourth-order valence-corrected chi connectivity index (χ4v) is 2.25. The molecule has 2 rings (SSSR count). The van der Waals surface area contributed by atoms with Crippen molar-refractivity contribution in [3.8, 4) is 0 Å². The van der Waals surface area contributed by atoms with Gasteiger partial charge < -0.3 is 25.5 Å². The summed E-state index contributed by atoms with van der Waals surface area (Å²) in [7, 11) is 1.49. The van der Waals surface area contributed by atoms with Crippen LogP contribution in [0.3, 0.4) is 0 Å². The van der Waals surface area contributed by atoms with Crippen LogP contribution in [-0.4, -0.2) is 37.5 Å². The highest BCUT2D eigenvalue weighted by molar-refractivity contribution is 6.05. The summed E-state index contributed by atoms with van der Waals surface area (Å²) < 4.78 is 10.2. The van der Waals surface area contributed by atoms with Crippen LogP contribution in [0.2, 0.25) is 0 Å². The number of anilines is 1. The maximum Gasteiger partial charge on any atom is 0.257 e. The SMILES string of the molecule is COCCC(NC(=O)c1coc2c1NC(=O)CCC2)C(N)=O. The van der Waals surface area contributed by atoms with Crippen LogP contribution < -0.4 is 16.4 Å². The van der Waals surface area contributed by atoms with Gasteiger partial charge in [0.25, 0.3) is 5.91 Å². The molecule has 0 saturated heterocycles. The number of nitrogens with two attached hydrogens (primary N) is 1.